The van der Waals surface area contributed by atoms with Crippen LogP contribution in [0.2, 0.25) is 0 Å². The van der Waals surface area contributed by atoms with Crippen molar-refractivity contribution in [3.8, 4) is 0 Å². The molecule has 1 atom stereocenters. The Morgan fingerprint density at radius 2 is 1.95 bits per heavy atom. The number of carbonyl (C=O) groups is 2. The minimum absolute atomic E-state index is 0.156. The van der Waals surface area contributed by atoms with Crippen molar-refractivity contribution in [3.05, 3.63) is 35.9 Å². The van der Waals surface area contributed by atoms with E-state index >= 15 is 0 Å². The molecule has 0 saturated carbocycles. The number of hydrogen-bond acceptors (Lipinski definition) is 5. The van der Waals surface area contributed by atoms with Crippen LogP contribution >= 0.6 is 12.6 Å². The molecule has 0 aliphatic carbocycles. The molecule has 0 heterocycles. The van der Waals surface area contributed by atoms with Crippen molar-refractivity contribution in [2.24, 2.45) is 0 Å². The first-order chi connectivity index (χ1) is 9.67. The molecule has 1 N–H and O–H groups in total. The van der Waals surface area contributed by atoms with E-state index in [2.05, 4.69) is 17.9 Å². The van der Waals surface area contributed by atoms with Crippen molar-refractivity contribution in [2.45, 2.75) is 26.0 Å². The molecule has 0 radical (unpaired) electrons. The van der Waals surface area contributed by atoms with Crippen LogP contribution in [0.4, 0.5) is 4.79 Å². The SMILES string of the molecule is CCOC(=O)C(CCS)NC(=O)OCc1ccccc1. The zero-order valence-corrected chi connectivity index (χ0v) is 12.3. The summed E-state index contributed by atoms with van der Waals surface area (Å²) in [6.45, 7) is 2.13. The molecule has 1 amide bonds. The number of ether oxygens (including phenoxy) is 2. The van der Waals surface area contributed by atoms with Crippen LogP contribution in [0.1, 0.15) is 18.9 Å². The van der Waals surface area contributed by atoms with E-state index in [0.717, 1.165) is 5.56 Å². The Morgan fingerprint density at radius 3 is 2.55 bits per heavy atom. The first kappa shape index (κ1) is 16.4. The van der Waals surface area contributed by atoms with Crippen LogP contribution in [0.15, 0.2) is 30.3 Å². The summed E-state index contributed by atoms with van der Waals surface area (Å²) < 4.78 is 9.93. The highest BCUT2D eigenvalue weighted by molar-refractivity contribution is 7.80. The second-order valence-corrected chi connectivity index (χ2v) is 4.47. The monoisotopic (exact) mass is 297 g/mol. The molecule has 6 heteroatoms. The molecule has 0 aromatic heterocycles. The van der Waals surface area contributed by atoms with Crippen LogP contribution in [-0.4, -0.2) is 30.5 Å². The molecule has 20 heavy (non-hydrogen) atoms. The maximum absolute atomic E-state index is 11.6. The number of amides is 1. The van der Waals surface area contributed by atoms with Gasteiger partial charge in [0.05, 0.1) is 6.61 Å². The Balaban J connectivity index is 2.43. The predicted octanol–water partition coefficient (Wildman–Crippen LogP) is 2.16. The van der Waals surface area contributed by atoms with Gasteiger partial charge in [0.2, 0.25) is 0 Å². The van der Waals surface area contributed by atoms with E-state index in [1.165, 1.54) is 0 Å². The van der Waals surface area contributed by atoms with E-state index in [1.807, 2.05) is 30.3 Å². The summed E-state index contributed by atoms with van der Waals surface area (Å²) >= 11 is 4.05. The molecule has 0 fully saturated rings. The van der Waals surface area contributed by atoms with Crippen molar-refractivity contribution in [1.29, 1.82) is 0 Å². The van der Waals surface area contributed by atoms with E-state index in [4.69, 9.17) is 9.47 Å². The van der Waals surface area contributed by atoms with Crippen molar-refractivity contribution >= 4 is 24.7 Å². The molecule has 5 nitrogen and oxygen atoms in total. The third-order valence-electron chi connectivity index (χ3n) is 2.49. The molecule has 1 aromatic carbocycles. The van der Waals surface area contributed by atoms with Gasteiger partial charge in [0.1, 0.15) is 12.6 Å². The van der Waals surface area contributed by atoms with Gasteiger partial charge < -0.3 is 14.8 Å². The second-order valence-electron chi connectivity index (χ2n) is 4.02. The zero-order valence-electron chi connectivity index (χ0n) is 11.4. The quantitative estimate of drug-likeness (QED) is 0.598. The Hall–Kier alpha value is -1.69. The van der Waals surface area contributed by atoms with Gasteiger partial charge in [-0.1, -0.05) is 30.3 Å². The average Bonchev–Trinajstić information content (AvgIpc) is 2.46. The molecule has 0 spiro atoms. The summed E-state index contributed by atoms with van der Waals surface area (Å²) in [4.78, 5) is 23.3. The van der Waals surface area contributed by atoms with Crippen LogP contribution < -0.4 is 5.32 Å². The van der Waals surface area contributed by atoms with Gasteiger partial charge in [0.25, 0.3) is 0 Å². The van der Waals surface area contributed by atoms with Gasteiger partial charge in [0.15, 0.2) is 0 Å². The molecule has 1 rings (SSSR count). The normalized spacial score (nSPS) is 11.5. The van der Waals surface area contributed by atoms with Crippen LogP contribution in [0.25, 0.3) is 0 Å². The van der Waals surface area contributed by atoms with Gasteiger partial charge in [0, 0.05) is 0 Å². The minimum atomic E-state index is -0.726. The smallest absolute Gasteiger partial charge is 0.408 e. The average molecular weight is 297 g/mol. The maximum Gasteiger partial charge on any atom is 0.408 e. The van der Waals surface area contributed by atoms with Crippen LogP contribution in [0.3, 0.4) is 0 Å². The van der Waals surface area contributed by atoms with E-state index in [9.17, 15) is 9.59 Å². The lowest BCUT2D eigenvalue weighted by atomic mass is 10.2. The number of carbonyl (C=O) groups excluding carboxylic acids is 2. The first-order valence-corrected chi connectivity index (χ1v) is 7.05. The largest absolute Gasteiger partial charge is 0.464 e. The van der Waals surface area contributed by atoms with Crippen molar-refractivity contribution in [1.82, 2.24) is 5.32 Å². The topological polar surface area (TPSA) is 64.6 Å². The Labute approximate surface area is 124 Å². The predicted molar refractivity (Wildman–Crippen MR) is 78.7 cm³/mol. The van der Waals surface area contributed by atoms with E-state index < -0.39 is 18.1 Å². The third-order valence-corrected chi connectivity index (χ3v) is 2.75. The molecule has 0 bridgehead atoms. The number of esters is 1. The second kappa shape index (κ2) is 9.25. The molecule has 110 valence electrons. The van der Waals surface area contributed by atoms with Gasteiger partial charge in [-0.05, 0) is 24.7 Å². The third kappa shape index (κ3) is 5.97. The minimum Gasteiger partial charge on any atom is -0.464 e. The number of nitrogens with one attached hydrogen (secondary N) is 1. The molecule has 1 unspecified atom stereocenters. The maximum atomic E-state index is 11.6. The molecular formula is C14H19NO4S. The zero-order chi connectivity index (χ0) is 14.8. The van der Waals surface area contributed by atoms with Crippen LogP contribution in [0.5, 0.6) is 0 Å². The Bertz CT molecular complexity index is 424. The van der Waals surface area contributed by atoms with Gasteiger partial charge >= 0.3 is 12.1 Å². The van der Waals surface area contributed by atoms with Gasteiger partial charge in [-0.15, -0.1) is 0 Å². The highest BCUT2D eigenvalue weighted by Gasteiger charge is 2.21. The fourth-order valence-electron chi connectivity index (χ4n) is 1.53. The van der Waals surface area contributed by atoms with Gasteiger partial charge in [-0.2, -0.15) is 12.6 Å². The number of alkyl carbamates (subject to hydrolysis) is 1. The summed E-state index contributed by atoms with van der Waals surface area (Å²) in [5.74, 6) is -0.0131. The summed E-state index contributed by atoms with van der Waals surface area (Å²) in [7, 11) is 0. The summed E-state index contributed by atoms with van der Waals surface area (Å²) in [6, 6.07) is 8.58. The van der Waals surface area contributed by atoms with Crippen LogP contribution in [-0.2, 0) is 20.9 Å². The molecule has 0 saturated heterocycles. The fraction of sp³-hybridized carbons (Fsp3) is 0.429. The van der Waals surface area contributed by atoms with E-state index in [-0.39, 0.29) is 13.2 Å². The van der Waals surface area contributed by atoms with Crippen LogP contribution in [0, 0.1) is 0 Å². The summed E-state index contributed by atoms with van der Waals surface area (Å²) in [5, 5.41) is 2.49. The number of thiol groups is 1. The van der Waals surface area contributed by atoms with E-state index in [1.54, 1.807) is 6.92 Å². The number of rotatable bonds is 7. The molecule has 0 aliphatic rings. The highest BCUT2D eigenvalue weighted by atomic mass is 32.1. The fourth-order valence-corrected chi connectivity index (χ4v) is 1.79. The first-order valence-electron chi connectivity index (χ1n) is 6.42. The standard InChI is InChI=1S/C14H19NO4S/c1-2-18-13(16)12(8-9-20)15-14(17)19-10-11-6-4-3-5-7-11/h3-7,12,20H,2,8-10H2,1H3,(H,15,17). The molecular weight excluding hydrogens is 278 g/mol. The summed E-state index contributed by atoms with van der Waals surface area (Å²) in [6.07, 6.45) is -0.253. The number of hydrogen-bond donors (Lipinski definition) is 2. The molecule has 1 aromatic rings. The van der Waals surface area contributed by atoms with Crippen molar-refractivity contribution in [3.63, 3.8) is 0 Å². The van der Waals surface area contributed by atoms with Gasteiger partial charge in [-0.3, -0.25) is 0 Å². The molecule has 0 aliphatic heterocycles. The Morgan fingerprint density at radius 1 is 1.25 bits per heavy atom. The lowest BCUT2D eigenvalue weighted by Crippen LogP contribution is -2.42. The summed E-state index contributed by atoms with van der Waals surface area (Å²) in [5.41, 5.74) is 0.879. The van der Waals surface area contributed by atoms with E-state index in [0.29, 0.717) is 12.2 Å². The van der Waals surface area contributed by atoms with Gasteiger partial charge in [-0.25, -0.2) is 9.59 Å². The Kier molecular flexibility index (Phi) is 7.57. The highest BCUT2D eigenvalue weighted by Crippen LogP contribution is 2.02. The lowest BCUT2D eigenvalue weighted by molar-refractivity contribution is -0.145. The van der Waals surface area contributed by atoms with Crippen molar-refractivity contribution in [2.75, 3.05) is 12.4 Å². The number of benzene rings is 1. The lowest BCUT2D eigenvalue weighted by Gasteiger charge is -2.16. The van der Waals surface area contributed by atoms with Crippen molar-refractivity contribution < 1.29 is 19.1 Å².